The lowest BCUT2D eigenvalue weighted by Crippen LogP contribution is -2.28. The van der Waals surface area contributed by atoms with E-state index in [2.05, 4.69) is 38.7 Å². The Morgan fingerprint density at radius 1 is 1.38 bits per heavy atom. The summed E-state index contributed by atoms with van der Waals surface area (Å²) in [6.45, 7) is 8.50. The van der Waals surface area contributed by atoms with Crippen molar-refractivity contribution in [2.45, 2.75) is 51.2 Å². The number of ether oxygens (including phenoxy) is 1. The van der Waals surface area contributed by atoms with Crippen LogP contribution < -0.4 is 5.73 Å². The van der Waals surface area contributed by atoms with Crippen molar-refractivity contribution < 1.29 is 4.74 Å². The molecule has 1 aliphatic rings. The number of hydrogen-bond acceptors (Lipinski definition) is 3. The zero-order chi connectivity index (χ0) is 12.0. The zero-order valence-corrected chi connectivity index (χ0v) is 10.4. The summed E-state index contributed by atoms with van der Waals surface area (Å²) in [7, 11) is 0. The molecule has 0 bridgehead atoms. The third kappa shape index (κ3) is 1.92. The van der Waals surface area contributed by atoms with Gasteiger partial charge < -0.3 is 10.5 Å². The van der Waals surface area contributed by atoms with E-state index in [0.29, 0.717) is 11.7 Å². The molecule has 1 atom stereocenters. The topological polar surface area (TPSA) is 48.1 Å². The molecule has 1 aromatic rings. The van der Waals surface area contributed by atoms with Gasteiger partial charge in [-0.2, -0.15) is 0 Å². The maximum Gasteiger partial charge on any atom is 0.126 e. The second kappa shape index (κ2) is 3.45. The van der Waals surface area contributed by atoms with E-state index in [1.165, 1.54) is 0 Å². The molecule has 3 nitrogen and oxygen atoms in total. The molecule has 3 heteroatoms. The monoisotopic (exact) mass is 220 g/mol. The Morgan fingerprint density at radius 3 is 2.56 bits per heavy atom. The van der Waals surface area contributed by atoms with Crippen LogP contribution >= 0.6 is 0 Å². The second-order valence-electron chi connectivity index (χ2n) is 5.70. The molecule has 2 N–H and O–H groups in total. The number of rotatable bonds is 1. The highest BCUT2D eigenvalue weighted by molar-refractivity contribution is 5.43. The first-order valence-corrected chi connectivity index (χ1v) is 5.72. The molecule has 1 aromatic heterocycles. The van der Waals surface area contributed by atoms with Crippen molar-refractivity contribution in [3.8, 4) is 0 Å². The van der Waals surface area contributed by atoms with Gasteiger partial charge in [0.2, 0.25) is 0 Å². The maximum atomic E-state index is 6.07. The fourth-order valence-electron chi connectivity index (χ4n) is 2.77. The lowest BCUT2D eigenvalue weighted by molar-refractivity contribution is -0.0680. The van der Waals surface area contributed by atoms with E-state index in [-0.39, 0.29) is 11.2 Å². The molecule has 1 aliphatic heterocycles. The molecule has 88 valence electrons. The highest BCUT2D eigenvalue weighted by atomic mass is 16.5. The van der Waals surface area contributed by atoms with Gasteiger partial charge in [0.1, 0.15) is 5.82 Å². The largest absolute Gasteiger partial charge is 0.383 e. The SMILES string of the molecule is CC1(C)CC(c2cccnc2N)C(C)(C)O1. The number of hydrogen-bond donors (Lipinski definition) is 1. The quantitative estimate of drug-likeness (QED) is 0.791. The molecular formula is C13H20N2O. The van der Waals surface area contributed by atoms with Crippen molar-refractivity contribution in [3.05, 3.63) is 23.9 Å². The van der Waals surface area contributed by atoms with Gasteiger partial charge in [-0.15, -0.1) is 0 Å². The summed E-state index contributed by atoms with van der Waals surface area (Å²) < 4.78 is 6.07. The first-order valence-electron chi connectivity index (χ1n) is 5.72. The third-order valence-corrected chi connectivity index (χ3v) is 3.32. The van der Waals surface area contributed by atoms with Crippen molar-refractivity contribution in [2.24, 2.45) is 0 Å². The molecule has 0 saturated carbocycles. The van der Waals surface area contributed by atoms with Gasteiger partial charge in [-0.1, -0.05) is 6.07 Å². The molecule has 0 aliphatic carbocycles. The van der Waals surface area contributed by atoms with E-state index in [4.69, 9.17) is 10.5 Å². The minimum absolute atomic E-state index is 0.0869. The fourth-order valence-corrected chi connectivity index (χ4v) is 2.77. The Labute approximate surface area is 97.0 Å². The molecule has 0 radical (unpaired) electrons. The molecule has 0 amide bonds. The van der Waals surface area contributed by atoms with Crippen molar-refractivity contribution in [3.63, 3.8) is 0 Å². The number of aromatic nitrogens is 1. The molecule has 0 spiro atoms. The Bertz CT molecular complexity index is 399. The molecular weight excluding hydrogens is 200 g/mol. The van der Waals surface area contributed by atoms with Crippen LogP contribution in [0.5, 0.6) is 0 Å². The summed E-state index contributed by atoms with van der Waals surface area (Å²) in [6.07, 6.45) is 2.71. The van der Waals surface area contributed by atoms with E-state index in [0.717, 1.165) is 12.0 Å². The molecule has 0 aromatic carbocycles. The van der Waals surface area contributed by atoms with E-state index in [1.807, 2.05) is 6.07 Å². The van der Waals surface area contributed by atoms with Crippen LogP contribution in [0.2, 0.25) is 0 Å². The maximum absolute atomic E-state index is 6.07. The van der Waals surface area contributed by atoms with Crippen molar-refractivity contribution >= 4 is 5.82 Å². The Morgan fingerprint density at radius 2 is 2.06 bits per heavy atom. The highest BCUT2D eigenvalue weighted by Crippen LogP contribution is 2.48. The number of nitrogens with zero attached hydrogens (tertiary/aromatic N) is 1. The first kappa shape index (κ1) is 11.4. The standard InChI is InChI=1S/C13H20N2O/c1-12(2)8-10(13(3,4)16-12)9-6-5-7-15-11(9)14/h5-7,10H,8H2,1-4H3,(H2,14,15). The van der Waals surface area contributed by atoms with Gasteiger partial charge in [0, 0.05) is 17.7 Å². The van der Waals surface area contributed by atoms with E-state index in [9.17, 15) is 0 Å². The van der Waals surface area contributed by atoms with E-state index >= 15 is 0 Å². The first-order chi connectivity index (χ1) is 7.32. The minimum Gasteiger partial charge on any atom is -0.383 e. The van der Waals surface area contributed by atoms with Gasteiger partial charge in [0.15, 0.2) is 0 Å². The number of nitrogen functional groups attached to an aromatic ring is 1. The van der Waals surface area contributed by atoms with Crippen LogP contribution in [0.3, 0.4) is 0 Å². The highest BCUT2D eigenvalue weighted by Gasteiger charge is 2.47. The van der Waals surface area contributed by atoms with Crippen LogP contribution in [-0.2, 0) is 4.74 Å². The van der Waals surface area contributed by atoms with Gasteiger partial charge in [-0.25, -0.2) is 4.98 Å². The average Bonchev–Trinajstić information content (AvgIpc) is 2.35. The summed E-state index contributed by atoms with van der Waals surface area (Å²) in [4.78, 5) is 4.16. The van der Waals surface area contributed by atoms with Crippen LogP contribution in [0.4, 0.5) is 5.82 Å². The van der Waals surface area contributed by atoms with Crippen LogP contribution in [-0.4, -0.2) is 16.2 Å². The minimum atomic E-state index is -0.180. The van der Waals surface area contributed by atoms with E-state index in [1.54, 1.807) is 6.20 Å². The van der Waals surface area contributed by atoms with Crippen molar-refractivity contribution in [1.82, 2.24) is 4.98 Å². The van der Waals surface area contributed by atoms with Crippen LogP contribution in [0.1, 0.15) is 45.6 Å². The van der Waals surface area contributed by atoms with Gasteiger partial charge in [0.25, 0.3) is 0 Å². The van der Waals surface area contributed by atoms with Gasteiger partial charge in [0.05, 0.1) is 11.2 Å². The number of nitrogens with two attached hydrogens (primary N) is 1. The molecule has 1 fully saturated rings. The molecule has 16 heavy (non-hydrogen) atoms. The summed E-state index contributed by atoms with van der Waals surface area (Å²) in [5.41, 5.74) is 6.79. The molecule has 1 unspecified atom stereocenters. The lowest BCUT2D eigenvalue weighted by atomic mass is 9.82. The van der Waals surface area contributed by atoms with Crippen molar-refractivity contribution in [2.75, 3.05) is 5.73 Å². The molecule has 1 saturated heterocycles. The van der Waals surface area contributed by atoms with Gasteiger partial charge >= 0.3 is 0 Å². The smallest absolute Gasteiger partial charge is 0.126 e. The van der Waals surface area contributed by atoms with Gasteiger partial charge in [-0.05, 0) is 40.2 Å². The summed E-state index contributed by atoms with van der Waals surface area (Å²) >= 11 is 0. The number of pyridine rings is 1. The summed E-state index contributed by atoms with van der Waals surface area (Å²) in [6, 6.07) is 3.99. The lowest BCUT2D eigenvalue weighted by Gasteiger charge is -2.27. The molecule has 2 rings (SSSR count). The summed E-state index contributed by atoms with van der Waals surface area (Å²) in [5, 5.41) is 0. The van der Waals surface area contributed by atoms with Gasteiger partial charge in [-0.3, -0.25) is 0 Å². The van der Waals surface area contributed by atoms with Crippen LogP contribution in [0.15, 0.2) is 18.3 Å². The average molecular weight is 220 g/mol. The Hall–Kier alpha value is -1.09. The normalized spacial score (nSPS) is 26.9. The zero-order valence-electron chi connectivity index (χ0n) is 10.4. The van der Waals surface area contributed by atoms with Crippen molar-refractivity contribution in [1.29, 1.82) is 0 Å². The second-order valence-corrected chi connectivity index (χ2v) is 5.70. The van der Waals surface area contributed by atoms with Crippen LogP contribution in [0.25, 0.3) is 0 Å². The Kier molecular flexibility index (Phi) is 2.46. The van der Waals surface area contributed by atoms with E-state index < -0.39 is 0 Å². The fraction of sp³-hybridized carbons (Fsp3) is 0.615. The third-order valence-electron chi connectivity index (χ3n) is 3.32. The van der Waals surface area contributed by atoms with Crippen LogP contribution in [0, 0.1) is 0 Å². The molecule has 2 heterocycles. The number of anilines is 1. The predicted octanol–water partition coefficient (Wildman–Crippen LogP) is 2.72. The Balaban J connectivity index is 2.39. The predicted molar refractivity (Wildman–Crippen MR) is 65.3 cm³/mol. The summed E-state index contributed by atoms with van der Waals surface area (Å²) in [5.74, 6) is 0.943.